The van der Waals surface area contributed by atoms with Gasteiger partial charge in [0, 0.05) is 12.2 Å². The van der Waals surface area contributed by atoms with E-state index in [0.29, 0.717) is 21.7 Å². The van der Waals surface area contributed by atoms with Crippen LogP contribution in [-0.2, 0) is 4.79 Å². The Hall–Kier alpha value is -2.45. The first kappa shape index (κ1) is 19.3. The quantitative estimate of drug-likeness (QED) is 0.571. The molecule has 5 nitrogen and oxygen atoms in total. The van der Waals surface area contributed by atoms with E-state index in [4.69, 9.17) is 0 Å². The van der Waals surface area contributed by atoms with Crippen LogP contribution in [0.1, 0.15) is 12.5 Å². The lowest BCUT2D eigenvalue weighted by molar-refractivity contribution is -0.116. The second-order valence-corrected chi connectivity index (χ2v) is 7.89. The van der Waals surface area contributed by atoms with Gasteiger partial charge < -0.3 is 10.2 Å². The summed E-state index contributed by atoms with van der Waals surface area (Å²) in [6.45, 7) is 4.54. The Kier molecular flexibility index (Phi) is 6.41. The number of hydrogen-bond acceptors (Lipinski definition) is 6. The highest BCUT2D eigenvalue weighted by atomic mass is 32.2. The minimum Gasteiger partial charge on any atom is -0.328 e. The first-order valence-electron chi connectivity index (χ1n) is 8.42. The van der Waals surface area contributed by atoms with E-state index in [2.05, 4.69) is 15.5 Å². The smallest absolute Gasteiger partial charge is 0.237 e. The van der Waals surface area contributed by atoms with E-state index in [1.165, 1.54) is 29.2 Å². The van der Waals surface area contributed by atoms with Gasteiger partial charge >= 0.3 is 0 Å². The fourth-order valence-electron chi connectivity index (χ4n) is 2.55. The third-order valence-corrected chi connectivity index (χ3v) is 5.82. The second kappa shape index (κ2) is 8.96. The van der Waals surface area contributed by atoms with E-state index in [-0.39, 0.29) is 17.5 Å². The molecule has 8 heteroatoms. The number of nitrogens with zero attached hydrogens (tertiary/aromatic N) is 3. The van der Waals surface area contributed by atoms with Crippen LogP contribution in [0, 0.1) is 12.7 Å². The molecular weight excluding hydrogens is 383 g/mol. The van der Waals surface area contributed by atoms with Crippen molar-refractivity contribution in [3.63, 3.8) is 0 Å². The molecule has 0 bridgehead atoms. The largest absolute Gasteiger partial charge is 0.328 e. The van der Waals surface area contributed by atoms with Crippen LogP contribution >= 0.6 is 23.1 Å². The average molecular weight is 403 g/mol. The second-order valence-electron chi connectivity index (χ2n) is 5.69. The van der Waals surface area contributed by atoms with Crippen molar-refractivity contribution in [2.75, 3.05) is 22.5 Å². The molecule has 1 amide bonds. The van der Waals surface area contributed by atoms with Gasteiger partial charge in [-0.25, -0.2) is 4.39 Å². The van der Waals surface area contributed by atoms with Crippen LogP contribution < -0.4 is 10.2 Å². The summed E-state index contributed by atoms with van der Waals surface area (Å²) in [6.07, 6.45) is 0. The van der Waals surface area contributed by atoms with Gasteiger partial charge in [0.05, 0.1) is 11.4 Å². The molecule has 27 heavy (non-hydrogen) atoms. The zero-order chi connectivity index (χ0) is 19.2. The molecule has 0 aliphatic rings. The summed E-state index contributed by atoms with van der Waals surface area (Å²) in [4.78, 5) is 14.4. The topological polar surface area (TPSA) is 58.1 Å². The SMILES string of the molecule is CCN(C(=O)CSc1nnc(Nc2ccccc2F)s1)c1ccccc1C. The van der Waals surface area contributed by atoms with Crippen LogP contribution in [0.3, 0.4) is 0 Å². The minimum atomic E-state index is -0.353. The van der Waals surface area contributed by atoms with Crippen molar-refractivity contribution < 1.29 is 9.18 Å². The number of amides is 1. The molecule has 1 heterocycles. The fraction of sp³-hybridized carbons (Fsp3) is 0.211. The summed E-state index contributed by atoms with van der Waals surface area (Å²) >= 11 is 2.62. The van der Waals surface area contributed by atoms with Gasteiger partial charge in [0.15, 0.2) is 4.34 Å². The molecule has 0 spiro atoms. The lowest BCUT2D eigenvalue weighted by Gasteiger charge is -2.22. The minimum absolute atomic E-state index is 0.00983. The Morgan fingerprint density at radius 3 is 2.67 bits per heavy atom. The third-order valence-electron chi connectivity index (χ3n) is 3.86. The Bertz CT molecular complexity index is 931. The van der Waals surface area contributed by atoms with Crippen molar-refractivity contribution in [1.82, 2.24) is 10.2 Å². The molecule has 1 N–H and O–H groups in total. The molecule has 3 rings (SSSR count). The monoisotopic (exact) mass is 402 g/mol. The summed E-state index contributed by atoms with van der Waals surface area (Å²) < 4.78 is 14.4. The van der Waals surface area contributed by atoms with Crippen molar-refractivity contribution >= 4 is 45.5 Å². The van der Waals surface area contributed by atoms with Gasteiger partial charge in [-0.05, 0) is 37.6 Å². The zero-order valence-electron chi connectivity index (χ0n) is 15.0. The number of para-hydroxylation sites is 2. The van der Waals surface area contributed by atoms with Crippen molar-refractivity contribution in [3.8, 4) is 0 Å². The number of carbonyl (C=O) groups is 1. The van der Waals surface area contributed by atoms with Crippen molar-refractivity contribution in [1.29, 1.82) is 0 Å². The van der Waals surface area contributed by atoms with Crippen LogP contribution in [-0.4, -0.2) is 28.4 Å². The molecular formula is C19H19FN4OS2. The van der Waals surface area contributed by atoms with E-state index in [1.54, 1.807) is 23.1 Å². The first-order valence-corrected chi connectivity index (χ1v) is 10.2. The number of benzene rings is 2. The van der Waals surface area contributed by atoms with Crippen LogP contribution in [0.25, 0.3) is 0 Å². The Balaban J connectivity index is 1.61. The molecule has 2 aromatic carbocycles. The summed E-state index contributed by atoms with van der Waals surface area (Å²) in [6, 6.07) is 14.2. The number of thioether (sulfide) groups is 1. The molecule has 0 fully saturated rings. The maximum Gasteiger partial charge on any atom is 0.237 e. The molecule has 0 atom stereocenters. The zero-order valence-corrected chi connectivity index (χ0v) is 16.6. The summed E-state index contributed by atoms with van der Waals surface area (Å²) in [5, 5.41) is 11.5. The number of aromatic nitrogens is 2. The molecule has 3 aromatic rings. The molecule has 0 aliphatic carbocycles. The predicted octanol–water partition coefficient (Wildman–Crippen LogP) is 4.87. The standard InChI is InChI=1S/C19H19FN4OS2/c1-3-24(16-11-7-4-8-13(16)2)17(25)12-26-19-23-22-18(27-19)21-15-10-6-5-9-14(15)20/h4-11H,3,12H2,1-2H3,(H,21,22). The normalized spacial score (nSPS) is 10.6. The van der Waals surface area contributed by atoms with Gasteiger partial charge in [-0.2, -0.15) is 0 Å². The maximum absolute atomic E-state index is 13.7. The van der Waals surface area contributed by atoms with Gasteiger partial charge in [-0.3, -0.25) is 4.79 Å². The molecule has 0 aliphatic heterocycles. The van der Waals surface area contributed by atoms with E-state index in [1.807, 2.05) is 38.1 Å². The van der Waals surface area contributed by atoms with Crippen LogP contribution in [0.15, 0.2) is 52.9 Å². The van der Waals surface area contributed by atoms with E-state index >= 15 is 0 Å². The fourth-order valence-corrected chi connectivity index (χ4v) is 4.19. The van der Waals surface area contributed by atoms with Gasteiger partial charge in [-0.15, -0.1) is 10.2 Å². The van der Waals surface area contributed by atoms with Crippen molar-refractivity contribution in [2.24, 2.45) is 0 Å². The number of hydrogen-bond donors (Lipinski definition) is 1. The number of carbonyl (C=O) groups excluding carboxylic acids is 1. The molecule has 0 unspecified atom stereocenters. The maximum atomic E-state index is 13.7. The van der Waals surface area contributed by atoms with Crippen molar-refractivity contribution in [3.05, 3.63) is 59.9 Å². The van der Waals surface area contributed by atoms with Gasteiger partial charge in [0.2, 0.25) is 11.0 Å². The molecule has 140 valence electrons. The number of nitrogens with one attached hydrogen (secondary N) is 1. The van der Waals surface area contributed by atoms with E-state index < -0.39 is 0 Å². The number of rotatable bonds is 7. The van der Waals surface area contributed by atoms with Gasteiger partial charge in [0.1, 0.15) is 5.82 Å². The lowest BCUT2D eigenvalue weighted by atomic mass is 10.2. The van der Waals surface area contributed by atoms with Gasteiger partial charge in [-0.1, -0.05) is 53.4 Å². The molecule has 0 saturated heterocycles. The highest BCUT2D eigenvalue weighted by Crippen LogP contribution is 2.29. The highest BCUT2D eigenvalue weighted by Gasteiger charge is 2.17. The highest BCUT2D eigenvalue weighted by molar-refractivity contribution is 8.01. The Morgan fingerprint density at radius 1 is 1.19 bits per heavy atom. The molecule has 0 radical (unpaired) electrons. The lowest BCUT2D eigenvalue weighted by Crippen LogP contribution is -2.32. The summed E-state index contributed by atoms with van der Waals surface area (Å²) in [5.41, 5.74) is 2.33. The van der Waals surface area contributed by atoms with E-state index in [0.717, 1.165) is 11.3 Å². The molecule has 0 saturated carbocycles. The number of aryl methyl sites for hydroxylation is 1. The number of halogens is 1. The third kappa shape index (κ3) is 4.84. The predicted molar refractivity (Wildman–Crippen MR) is 110 cm³/mol. The molecule has 1 aromatic heterocycles. The van der Waals surface area contributed by atoms with Crippen LogP contribution in [0.4, 0.5) is 20.9 Å². The average Bonchev–Trinajstić information content (AvgIpc) is 3.11. The first-order chi connectivity index (χ1) is 13.1. The van der Waals surface area contributed by atoms with E-state index in [9.17, 15) is 9.18 Å². The van der Waals surface area contributed by atoms with Crippen LogP contribution in [0.5, 0.6) is 0 Å². The summed E-state index contributed by atoms with van der Waals surface area (Å²) in [5.74, 6) is -0.0826. The van der Waals surface area contributed by atoms with Crippen LogP contribution in [0.2, 0.25) is 0 Å². The Labute approximate surface area is 165 Å². The number of anilines is 3. The summed E-state index contributed by atoms with van der Waals surface area (Å²) in [7, 11) is 0. The van der Waals surface area contributed by atoms with Gasteiger partial charge in [0.25, 0.3) is 0 Å². The Morgan fingerprint density at radius 2 is 1.93 bits per heavy atom. The van der Waals surface area contributed by atoms with Crippen molar-refractivity contribution in [2.45, 2.75) is 18.2 Å².